The molecule has 0 amide bonds. The van der Waals surface area contributed by atoms with Crippen LogP contribution in [-0.4, -0.2) is 25.1 Å². The van der Waals surface area contributed by atoms with Crippen LogP contribution < -0.4 is 4.74 Å². The Bertz CT molecular complexity index is 1080. The lowest BCUT2D eigenvalue weighted by atomic mass is 10.2. The molecule has 1 aromatic carbocycles. The van der Waals surface area contributed by atoms with Crippen molar-refractivity contribution in [3.8, 4) is 17.3 Å². The minimum Gasteiger partial charge on any atom is -0.471 e. The Labute approximate surface area is 152 Å². The summed E-state index contributed by atoms with van der Waals surface area (Å²) < 4.78 is 35.7. The van der Waals surface area contributed by atoms with Gasteiger partial charge in [0.15, 0.2) is 0 Å². The minimum absolute atomic E-state index is 0.0114. The van der Waals surface area contributed by atoms with E-state index in [0.29, 0.717) is 23.0 Å². The molecule has 4 aromatic rings. The second-order valence-corrected chi connectivity index (χ2v) is 5.67. The fraction of sp³-hybridized carbons (Fsp3) is 0.167. The van der Waals surface area contributed by atoms with Gasteiger partial charge in [-0.1, -0.05) is 12.1 Å². The maximum absolute atomic E-state index is 12.5. The number of fused-ring (bicyclic) bond motifs is 1. The molecule has 136 valence electrons. The van der Waals surface area contributed by atoms with Crippen LogP contribution in [0.3, 0.4) is 0 Å². The van der Waals surface area contributed by atoms with Gasteiger partial charge in [0, 0.05) is 6.20 Å². The van der Waals surface area contributed by atoms with Crippen molar-refractivity contribution in [2.24, 2.45) is 0 Å². The van der Waals surface area contributed by atoms with Crippen molar-refractivity contribution in [1.29, 1.82) is 0 Å². The number of rotatable bonds is 5. The van der Waals surface area contributed by atoms with Crippen LogP contribution in [0.1, 0.15) is 23.8 Å². The molecule has 3 heterocycles. The van der Waals surface area contributed by atoms with Gasteiger partial charge in [0.05, 0.1) is 22.2 Å². The molecule has 3 aromatic heterocycles. The van der Waals surface area contributed by atoms with E-state index >= 15 is 0 Å². The van der Waals surface area contributed by atoms with Gasteiger partial charge in [0.25, 0.3) is 5.89 Å². The Morgan fingerprint density at radius 3 is 2.67 bits per heavy atom. The monoisotopic (exact) mass is 369 g/mol. The molecule has 27 heavy (non-hydrogen) atoms. The van der Waals surface area contributed by atoms with Gasteiger partial charge in [-0.15, -0.1) is 10.2 Å². The van der Waals surface area contributed by atoms with Crippen LogP contribution in [0.2, 0.25) is 0 Å². The molecular formula is C18H13F2N5O2. The van der Waals surface area contributed by atoms with Crippen LogP contribution in [0.5, 0.6) is 5.88 Å². The molecule has 4 rings (SSSR count). The van der Waals surface area contributed by atoms with E-state index in [-0.39, 0.29) is 12.5 Å². The van der Waals surface area contributed by atoms with E-state index in [0.717, 1.165) is 10.9 Å². The van der Waals surface area contributed by atoms with Gasteiger partial charge in [-0.25, -0.2) is 4.98 Å². The lowest BCUT2D eigenvalue weighted by Gasteiger charge is -2.08. The summed E-state index contributed by atoms with van der Waals surface area (Å²) >= 11 is 0. The second kappa shape index (κ2) is 7.02. The van der Waals surface area contributed by atoms with E-state index in [2.05, 4.69) is 25.1 Å². The van der Waals surface area contributed by atoms with Crippen LogP contribution in [0.25, 0.3) is 22.4 Å². The van der Waals surface area contributed by atoms with Gasteiger partial charge in [-0.05, 0) is 31.2 Å². The van der Waals surface area contributed by atoms with Gasteiger partial charge in [-0.2, -0.15) is 13.8 Å². The summed E-state index contributed by atoms with van der Waals surface area (Å²) in [6.45, 7) is 1.98. The van der Waals surface area contributed by atoms with E-state index in [1.807, 2.05) is 24.3 Å². The fourth-order valence-corrected chi connectivity index (χ4v) is 2.49. The lowest BCUT2D eigenvalue weighted by Crippen LogP contribution is -2.02. The Hall–Kier alpha value is -3.49. The first kappa shape index (κ1) is 17.0. The lowest BCUT2D eigenvalue weighted by molar-refractivity contribution is 0.116. The van der Waals surface area contributed by atoms with Crippen LogP contribution in [-0.2, 0) is 6.61 Å². The van der Waals surface area contributed by atoms with Crippen molar-refractivity contribution in [3.63, 3.8) is 0 Å². The van der Waals surface area contributed by atoms with Crippen LogP contribution in [0, 0.1) is 6.92 Å². The maximum atomic E-state index is 12.5. The molecular weight excluding hydrogens is 356 g/mol. The summed E-state index contributed by atoms with van der Waals surface area (Å²) in [7, 11) is 0. The van der Waals surface area contributed by atoms with E-state index in [4.69, 9.17) is 9.15 Å². The zero-order valence-electron chi connectivity index (χ0n) is 14.1. The van der Waals surface area contributed by atoms with E-state index in [1.165, 1.54) is 6.20 Å². The topological polar surface area (TPSA) is 86.8 Å². The van der Waals surface area contributed by atoms with Crippen molar-refractivity contribution in [3.05, 3.63) is 60.0 Å². The number of para-hydroxylation sites is 1. The number of nitrogens with zero attached hydrogens (tertiary/aromatic N) is 5. The van der Waals surface area contributed by atoms with E-state index in [9.17, 15) is 8.78 Å². The number of alkyl halides is 2. The molecule has 0 aliphatic rings. The highest BCUT2D eigenvalue weighted by atomic mass is 19.3. The van der Waals surface area contributed by atoms with Gasteiger partial charge >= 0.3 is 6.43 Å². The number of pyridine rings is 1. The number of ether oxygens (including phenoxy) is 1. The number of benzene rings is 1. The quantitative estimate of drug-likeness (QED) is 0.527. The molecule has 0 radical (unpaired) electrons. The Morgan fingerprint density at radius 1 is 1.07 bits per heavy atom. The average Bonchev–Trinajstić information content (AvgIpc) is 3.17. The first-order valence-electron chi connectivity index (χ1n) is 8.03. The number of hydrogen-bond donors (Lipinski definition) is 0. The van der Waals surface area contributed by atoms with Crippen molar-refractivity contribution < 1.29 is 17.9 Å². The summed E-state index contributed by atoms with van der Waals surface area (Å²) in [6.07, 6.45) is -1.34. The third-order valence-electron chi connectivity index (χ3n) is 3.74. The second-order valence-electron chi connectivity index (χ2n) is 5.67. The van der Waals surface area contributed by atoms with Crippen LogP contribution >= 0.6 is 0 Å². The first-order chi connectivity index (χ1) is 13.1. The van der Waals surface area contributed by atoms with Gasteiger partial charge < -0.3 is 9.15 Å². The maximum Gasteiger partial charge on any atom is 0.314 e. The molecule has 0 saturated carbocycles. The molecule has 0 aliphatic heterocycles. The fourth-order valence-electron chi connectivity index (χ4n) is 2.49. The molecule has 0 saturated heterocycles. The molecule has 0 aliphatic carbocycles. The highest BCUT2D eigenvalue weighted by Crippen LogP contribution is 2.24. The predicted molar refractivity (Wildman–Crippen MR) is 91.1 cm³/mol. The van der Waals surface area contributed by atoms with Crippen LogP contribution in [0.15, 0.2) is 47.0 Å². The Kier molecular flexibility index (Phi) is 4.41. The normalized spacial score (nSPS) is 11.3. The predicted octanol–water partition coefficient (Wildman–Crippen LogP) is 3.90. The number of hydrogen-bond acceptors (Lipinski definition) is 7. The summed E-state index contributed by atoms with van der Waals surface area (Å²) in [6, 6.07) is 10.9. The molecule has 0 fully saturated rings. The third kappa shape index (κ3) is 3.57. The van der Waals surface area contributed by atoms with Crippen molar-refractivity contribution >= 4 is 10.9 Å². The van der Waals surface area contributed by atoms with Crippen LogP contribution in [0.4, 0.5) is 8.78 Å². The minimum atomic E-state index is -2.81. The molecule has 0 N–H and O–H groups in total. The average molecular weight is 369 g/mol. The van der Waals surface area contributed by atoms with Gasteiger partial charge in [0.1, 0.15) is 12.4 Å². The molecule has 0 spiro atoms. The largest absolute Gasteiger partial charge is 0.471 e. The van der Waals surface area contributed by atoms with Crippen molar-refractivity contribution in [1.82, 2.24) is 25.1 Å². The highest BCUT2D eigenvalue weighted by Gasteiger charge is 2.17. The van der Waals surface area contributed by atoms with E-state index in [1.54, 1.807) is 19.1 Å². The number of aromatic nitrogens is 5. The SMILES string of the molecule is Cc1nc(OCc2ccc(-c3nnc(C(F)F)o3)cn2)c2ccccc2n1. The van der Waals surface area contributed by atoms with Gasteiger partial charge in [-0.3, -0.25) is 4.98 Å². The third-order valence-corrected chi connectivity index (χ3v) is 3.74. The molecule has 7 nitrogen and oxygen atoms in total. The Balaban J connectivity index is 1.51. The summed E-state index contributed by atoms with van der Waals surface area (Å²) in [4.78, 5) is 12.9. The molecule has 9 heteroatoms. The standard InChI is InChI=1S/C18H13F2N5O2/c1-10-22-14-5-3-2-4-13(14)17(23-10)26-9-12-7-6-11(8-21-12)16-24-25-18(27-16)15(19)20/h2-8,15H,9H2,1H3. The zero-order chi connectivity index (χ0) is 18.8. The zero-order valence-corrected chi connectivity index (χ0v) is 14.1. The summed E-state index contributed by atoms with van der Waals surface area (Å²) in [5.74, 6) is 0.354. The van der Waals surface area contributed by atoms with E-state index < -0.39 is 12.3 Å². The smallest absolute Gasteiger partial charge is 0.314 e. The molecule has 0 bridgehead atoms. The van der Waals surface area contributed by atoms with Crippen molar-refractivity contribution in [2.75, 3.05) is 0 Å². The summed E-state index contributed by atoms with van der Waals surface area (Å²) in [5, 5.41) is 7.69. The van der Waals surface area contributed by atoms with Gasteiger partial charge in [0.2, 0.25) is 11.8 Å². The Morgan fingerprint density at radius 2 is 1.93 bits per heavy atom. The molecule has 0 unspecified atom stereocenters. The number of halogens is 2. The first-order valence-corrected chi connectivity index (χ1v) is 8.03. The number of aryl methyl sites for hydroxylation is 1. The van der Waals surface area contributed by atoms with Crippen molar-refractivity contribution in [2.45, 2.75) is 20.0 Å². The summed E-state index contributed by atoms with van der Waals surface area (Å²) in [5.41, 5.74) is 1.88. The highest BCUT2D eigenvalue weighted by molar-refractivity contribution is 5.83. The molecule has 0 atom stereocenters.